The fourth-order valence-corrected chi connectivity index (χ4v) is 2.63. The Hall–Kier alpha value is -2.07. The van der Waals surface area contributed by atoms with Crippen LogP contribution < -0.4 is 0 Å². The molecule has 0 fully saturated rings. The van der Waals surface area contributed by atoms with Gasteiger partial charge in [-0.1, -0.05) is 24.3 Å². The van der Waals surface area contributed by atoms with Crippen LogP contribution in [0.3, 0.4) is 0 Å². The van der Waals surface area contributed by atoms with Crippen molar-refractivity contribution in [1.29, 1.82) is 0 Å². The third kappa shape index (κ3) is 2.04. The Balaban J connectivity index is 1.94. The van der Waals surface area contributed by atoms with Gasteiger partial charge in [-0.3, -0.25) is 0 Å². The van der Waals surface area contributed by atoms with Gasteiger partial charge in [0.05, 0.1) is 0 Å². The van der Waals surface area contributed by atoms with E-state index in [4.69, 9.17) is 9.52 Å². The number of aryl methyl sites for hydroxylation is 1. The topological polar surface area (TPSA) is 70.7 Å². The maximum atomic E-state index is 10.8. The van der Waals surface area contributed by atoms with Crippen LogP contribution in [0.2, 0.25) is 0 Å². The monoisotopic (exact) mass is 258 g/mol. The van der Waals surface area contributed by atoms with Crippen LogP contribution in [-0.4, -0.2) is 16.2 Å². The van der Waals surface area contributed by atoms with Crippen molar-refractivity contribution in [2.75, 3.05) is 0 Å². The van der Waals surface area contributed by atoms with Gasteiger partial charge in [-0.15, -0.1) is 0 Å². The molecule has 0 bridgehead atoms. The maximum Gasteiger partial charge on any atom is 0.371 e. The van der Waals surface area contributed by atoms with Crippen molar-refractivity contribution in [3.05, 3.63) is 59.0 Å². The van der Waals surface area contributed by atoms with Gasteiger partial charge in [0.2, 0.25) is 5.76 Å². The molecule has 0 radical (unpaired) electrons. The van der Waals surface area contributed by atoms with E-state index in [2.05, 4.69) is 6.07 Å². The third-order valence-corrected chi connectivity index (χ3v) is 3.68. The minimum atomic E-state index is -1.12. The summed E-state index contributed by atoms with van der Waals surface area (Å²) in [5, 5.41) is 19.6. The Bertz CT molecular complexity index is 629. The van der Waals surface area contributed by atoms with E-state index in [1.54, 1.807) is 6.07 Å². The molecule has 0 saturated heterocycles. The molecule has 4 heteroatoms. The molecule has 1 atom stereocenters. The van der Waals surface area contributed by atoms with Crippen molar-refractivity contribution in [3.8, 4) is 0 Å². The summed E-state index contributed by atoms with van der Waals surface area (Å²) in [5.41, 5.74) is 1.21. The first-order valence-corrected chi connectivity index (χ1v) is 6.21. The molecule has 4 nitrogen and oxygen atoms in total. The van der Waals surface area contributed by atoms with Gasteiger partial charge in [0.15, 0.2) is 0 Å². The molecule has 1 aliphatic rings. The van der Waals surface area contributed by atoms with Gasteiger partial charge >= 0.3 is 5.97 Å². The molecule has 3 rings (SSSR count). The van der Waals surface area contributed by atoms with Gasteiger partial charge in [0.25, 0.3) is 0 Å². The zero-order valence-corrected chi connectivity index (χ0v) is 10.3. The highest BCUT2D eigenvalue weighted by atomic mass is 16.4. The molecule has 1 heterocycles. The van der Waals surface area contributed by atoms with Crippen LogP contribution in [0.1, 0.15) is 33.9 Å². The number of fused-ring (bicyclic) bond motifs is 1. The first kappa shape index (κ1) is 12.0. The lowest BCUT2D eigenvalue weighted by Crippen LogP contribution is -2.32. The van der Waals surface area contributed by atoms with Crippen molar-refractivity contribution in [2.24, 2.45) is 0 Å². The number of aliphatic hydroxyl groups is 1. The summed E-state index contributed by atoms with van der Waals surface area (Å²) in [6.07, 6.45) is 1.75. The molecule has 0 amide bonds. The SMILES string of the molecule is O=C(O)c1ccc(C2(O)CCc3ccccc3C2)o1. The Labute approximate surface area is 110 Å². The van der Waals surface area contributed by atoms with Gasteiger partial charge in [0, 0.05) is 6.42 Å². The van der Waals surface area contributed by atoms with Crippen LogP contribution in [0, 0.1) is 0 Å². The van der Waals surface area contributed by atoms with E-state index in [1.807, 2.05) is 18.2 Å². The van der Waals surface area contributed by atoms with E-state index in [9.17, 15) is 9.90 Å². The zero-order valence-electron chi connectivity index (χ0n) is 10.3. The number of rotatable bonds is 2. The Morgan fingerprint density at radius 2 is 1.89 bits per heavy atom. The summed E-state index contributed by atoms with van der Waals surface area (Å²) in [7, 11) is 0. The van der Waals surface area contributed by atoms with Crippen molar-refractivity contribution in [1.82, 2.24) is 0 Å². The second kappa shape index (κ2) is 4.24. The van der Waals surface area contributed by atoms with Gasteiger partial charge in [-0.05, 0) is 36.1 Å². The van der Waals surface area contributed by atoms with E-state index >= 15 is 0 Å². The molecule has 0 spiro atoms. The Morgan fingerprint density at radius 1 is 1.16 bits per heavy atom. The van der Waals surface area contributed by atoms with Crippen LogP contribution in [0.4, 0.5) is 0 Å². The first-order chi connectivity index (χ1) is 9.08. The number of hydrogen-bond donors (Lipinski definition) is 2. The quantitative estimate of drug-likeness (QED) is 0.867. The van der Waals surface area contributed by atoms with Crippen LogP contribution >= 0.6 is 0 Å². The van der Waals surface area contributed by atoms with Gasteiger partial charge in [-0.25, -0.2) is 4.79 Å². The molecule has 19 heavy (non-hydrogen) atoms. The number of carboxylic acid groups (broad SMARTS) is 1. The summed E-state index contributed by atoms with van der Waals surface area (Å²) in [4.78, 5) is 10.8. The van der Waals surface area contributed by atoms with Crippen molar-refractivity contribution in [2.45, 2.75) is 24.9 Å². The lowest BCUT2D eigenvalue weighted by molar-refractivity contribution is 0.0000179. The molecule has 1 unspecified atom stereocenters. The summed E-state index contributed by atoms with van der Waals surface area (Å²) in [6.45, 7) is 0. The smallest absolute Gasteiger partial charge is 0.371 e. The number of carbonyl (C=O) groups is 1. The molecule has 0 aliphatic heterocycles. The number of benzene rings is 1. The molecule has 0 saturated carbocycles. The average Bonchev–Trinajstić information content (AvgIpc) is 2.89. The fraction of sp³-hybridized carbons (Fsp3) is 0.267. The highest BCUT2D eigenvalue weighted by Crippen LogP contribution is 2.37. The normalized spacial score (nSPS) is 21.9. The van der Waals surface area contributed by atoms with Crippen molar-refractivity contribution in [3.63, 3.8) is 0 Å². The number of carboxylic acids is 1. The maximum absolute atomic E-state index is 10.8. The molecule has 1 aromatic carbocycles. The predicted octanol–water partition coefficient (Wildman–Crippen LogP) is 2.35. The van der Waals surface area contributed by atoms with E-state index in [0.717, 1.165) is 12.0 Å². The number of hydrogen-bond acceptors (Lipinski definition) is 3. The van der Waals surface area contributed by atoms with Gasteiger partial charge in [0.1, 0.15) is 11.4 Å². The zero-order chi connectivity index (χ0) is 13.5. The third-order valence-electron chi connectivity index (χ3n) is 3.68. The van der Waals surface area contributed by atoms with Crippen LogP contribution in [0.15, 0.2) is 40.8 Å². The van der Waals surface area contributed by atoms with Crippen molar-refractivity contribution < 1.29 is 19.4 Å². The van der Waals surface area contributed by atoms with Crippen LogP contribution in [-0.2, 0) is 18.4 Å². The van der Waals surface area contributed by atoms with E-state index in [1.165, 1.54) is 11.6 Å². The van der Waals surface area contributed by atoms with E-state index in [0.29, 0.717) is 18.6 Å². The molecular formula is C15H14O4. The molecule has 1 aromatic heterocycles. The highest BCUT2D eigenvalue weighted by Gasteiger charge is 2.36. The minimum absolute atomic E-state index is 0.137. The van der Waals surface area contributed by atoms with Gasteiger partial charge < -0.3 is 14.6 Å². The summed E-state index contributed by atoms with van der Waals surface area (Å²) < 4.78 is 5.25. The Morgan fingerprint density at radius 3 is 2.58 bits per heavy atom. The Kier molecular flexibility index (Phi) is 2.68. The highest BCUT2D eigenvalue weighted by molar-refractivity contribution is 5.84. The number of aromatic carboxylic acids is 1. The molecule has 1 aliphatic carbocycles. The van der Waals surface area contributed by atoms with Crippen molar-refractivity contribution >= 4 is 5.97 Å². The molecule has 98 valence electrons. The molecule has 2 N–H and O–H groups in total. The lowest BCUT2D eigenvalue weighted by Gasteiger charge is -2.31. The predicted molar refractivity (Wildman–Crippen MR) is 68.0 cm³/mol. The molecular weight excluding hydrogens is 244 g/mol. The van der Waals surface area contributed by atoms with E-state index in [-0.39, 0.29) is 5.76 Å². The second-order valence-electron chi connectivity index (χ2n) is 4.95. The lowest BCUT2D eigenvalue weighted by atomic mass is 9.79. The van der Waals surface area contributed by atoms with Crippen LogP contribution in [0.5, 0.6) is 0 Å². The second-order valence-corrected chi connectivity index (χ2v) is 4.95. The number of furan rings is 1. The summed E-state index contributed by atoms with van der Waals surface area (Å²) >= 11 is 0. The first-order valence-electron chi connectivity index (χ1n) is 6.21. The van der Waals surface area contributed by atoms with Crippen LogP contribution in [0.25, 0.3) is 0 Å². The largest absolute Gasteiger partial charge is 0.475 e. The average molecular weight is 258 g/mol. The standard InChI is InChI=1S/C15H14O4/c16-14(17)12-5-6-13(19-12)15(18)8-7-10-3-1-2-4-11(10)9-15/h1-6,18H,7-9H2,(H,16,17). The van der Waals surface area contributed by atoms with E-state index < -0.39 is 11.6 Å². The molecule has 2 aromatic rings. The summed E-state index contributed by atoms with van der Waals surface area (Å²) in [5.74, 6) is -0.923. The summed E-state index contributed by atoms with van der Waals surface area (Å²) in [6, 6.07) is 10.9. The fourth-order valence-electron chi connectivity index (χ4n) is 2.63. The van der Waals surface area contributed by atoms with Gasteiger partial charge in [-0.2, -0.15) is 0 Å². The minimum Gasteiger partial charge on any atom is -0.475 e.